The first kappa shape index (κ1) is 15.7. The maximum atomic E-state index is 11.0. The number of nitrogens with one attached hydrogen (secondary N) is 1. The Bertz CT molecular complexity index is 658. The van der Waals surface area contributed by atoms with Crippen LogP contribution in [0.3, 0.4) is 0 Å². The van der Waals surface area contributed by atoms with Gasteiger partial charge in [-0.05, 0) is 51.0 Å². The number of anilines is 1. The highest BCUT2D eigenvalue weighted by Gasteiger charge is 2.10. The molecule has 3 rings (SSSR count). The minimum absolute atomic E-state index is 0.356. The number of rotatable bonds is 6. The van der Waals surface area contributed by atoms with E-state index >= 15 is 0 Å². The van der Waals surface area contributed by atoms with Crippen molar-refractivity contribution >= 4 is 5.69 Å². The molecule has 7 nitrogen and oxygen atoms in total. The van der Waals surface area contributed by atoms with Crippen LogP contribution >= 0.6 is 0 Å². The molecule has 2 aromatic rings. The number of hydrogen-bond acceptors (Lipinski definition) is 6. The van der Waals surface area contributed by atoms with Crippen LogP contribution in [0, 0.1) is 0 Å². The maximum Gasteiger partial charge on any atom is 0.439 e. The minimum Gasteiger partial charge on any atom is -0.373 e. The lowest BCUT2D eigenvalue weighted by molar-refractivity contribution is 0.227. The van der Waals surface area contributed by atoms with Crippen LogP contribution in [0.5, 0.6) is 0 Å². The van der Waals surface area contributed by atoms with E-state index in [-0.39, 0.29) is 0 Å². The molecule has 1 N–H and O–H groups in total. The molecule has 7 heteroatoms. The fraction of sp³-hybridized carbons (Fsp3) is 0.562. The van der Waals surface area contributed by atoms with E-state index in [2.05, 4.69) is 36.5 Å². The third-order valence-corrected chi connectivity index (χ3v) is 4.29. The predicted molar refractivity (Wildman–Crippen MR) is 88.5 cm³/mol. The van der Waals surface area contributed by atoms with Gasteiger partial charge in [-0.15, -0.1) is 0 Å². The molecule has 1 aliphatic rings. The van der Waals surface area contributed by atoms with Gasteiger partial charge in [0.15, 0.2) is 0 Å². The summed E-state index contributed by atoms with van der Waals surface area (Å²) >= 11 is 0. The number of pyridine rings is 1. The Kier molecular flexibility index (Phi) is 5.07. The van der Waals surface area contributed by atoms with Crippen LogP contribution in [0.4, 0.5) is 5.69 Å². The van der Waals surface area contributed by atoms with Crippen molar-refractivity contribution in [1.29, 1.82) is 0 Å². The van der Waals surface area contributed by atoms with Gasteiger partial charge >= 0.3 is 5.76 Å². The molecule has 0 bridgehead atoms. The summed E-state index contributed by atoms with van der Waals surface area (Å²) in [7, 11) is 2.07. The number of likely N-dealkylation sites (tertiary alicyclic amines) is 1. The topological polar surface area (TPSA) is 78.3 Å². The van der Waals surface area contributed by atoms with Gasteiger partial charge in [-0.3, -0.25) is 14.5 Å². The number of hydrogen-bond donors (Lipinski definition) is 1. The Morgan fingerprint density at radius 2 is 2.13 bits per heavy atom. The van der Waals surface area contributed by atoms with Gasteiger partial charge in [0.25, 0.3) is 0 Å². The Morgan fingerprint density at radius 3 is 2.78 bits per heavy atom. The van der Waals surface area contributed by atoms with E-state index in [0.717, 1.165) is 25.2 Å². The van der Waals surface area contributed by atoms with Gasteiger partial charge < -0.3 is 9.80 Å². The van der Waals surface area contributed by atoms with E-state index in [1.165, 1.54) is 32.4 Å². The van der Waals surface area contributed by atoms with Gasteiger partial charge in [0, 0.05) is 13.6 Å². The molecule has 3 heterocycles. The van der Waals surface area contributed by atoms with Crippen molar-refractivity contribution in [3.05, 3.63) is 28.9 Å². The standard InChI is InChI=1S/C16H23N5O2/c1-20(8-5-11-21-9-3-2-4-10-21)13-6-7-14(17-12-13)15-18-16(22)23-19-15/h6-7,12H,2-5,8-11H2,1H3,(H,18,19,22). The van der Waals surface area contributed by atoms with Crippen LogP contribution in [0.15, 0.2) is 27.6 Å². The first-order chi connectivity index (χ1) is 11.2. The van der Waals surface area contributed by atoms with E-state index < -0.39 is 5.76 Å². The molecule has 0 radical (unpaired) electrons. The smallest absolute Gasteiger partial charge is 0.373 e. The van der Waals surface area contributed by atoms with Crippen molar-refractivity contribution in [3.63, 3.8) is 0 Å². The summed E-state index contributed by atoms with van der Waals surface area (Å²) in [5, 5.41) is 3.64. The fourth-order valence-corrected chi connectivity index (χ4v) is 2.94. The zero-order valence-electron chi connectivity index (χ0n) is 13.5. The first-order valence-electron chi connectivity index (χ1n) is 8.18. The van der Waals surface area contributed by atoms with E-state index in [1.54, 1.807) is 6.20 Å². The van der Waals surface area contributed by atoms with Gasteiger partial charge in [-0.1, -0.05) is 11.6 Å². The van der Waals surface area contributed by atoms with Crippen LogP contribution in [0.25, 0.3) is 11.5 Å². The van der Waals surface area contributed by atoms with Crippen LogP contribution in [0.1, 0.15) is 25.7 Å². The van der Waals surface area contributed by atoms with Crippen molar-refractivity contribution in [1.82, 2.24) is 20.0 Å². The van der Waals surface area contributed by atoms with E-state index in [9.17, 15) is 4.79 Å². The lowest BCUT2D eigenvalue weighted by atomic mass is 10.1. The Morgan fingerprint density at radius 1 is 1.30 bits per heavy atom. The lowest BCUT2D eigenvalue weighted by Gasteiger charge is -2.27. The average Bonchev–Trinajstić information content (AvgIpc) is 3.02. The summed E-state index contributed by atoms with van der Waals surface area (Å²) in [5.41, 5.74) is 1.65. The van der Waals surface area contributed by atoms with Gasteiger partial charge in [-0.2, -0.15) is 0 Å². The summed E-state index contributed by atoms with van der Waals surface area (Å²) in [6.45, 7) is 4.65. The van der Waals surface area contributed by atoms with Crippen LogP contribution in [0.2, 0.25) is 0 Å². The van der Waals surface area contributed by atoms with Gasteiger partial charge in [-0.25, -0.2) is 4.79 Å². The van der Waals surface area contributed by atoms with Crippen molar-refractivity contribution in [2.24, 2.45) is 0 Å². The van der Waals surface area contributed by atoms with Crippen molar-refractivity contribution in [3.8, 4) is 11.5 Å². The third kappa shape index (κ3) is 4.19. The summed E-state index contributed by atoms with van der Waals surface area (Å²) in [5.74, 6) is -0.213. The highest BCUT2D eigenvalue weighted by atomic mass is 16.5. The molecule has 0 saturated carbocycles. The Hall–Kier alpha value is -2.15. The summed E-state index contributed by atoms with van der Waals surface area (Å²) in [6, 6.07) is 3.82. The van der Waals surface area contributed by atoms with Crippen LogP contribution in [-0.2, 0) is 0 Å². The van der Waals surface area contributed by atoms with Crippen molar-refractivity contribution in [2.75, 3.05) is 38.1 Å². The molecular formula is C16H23N5O2. The number of aromatic nitrogens is 3. The molecule has 0 aliphatic carbocycles. The van der Waals surface area contributed by atoms with Gasteiger partial charge in [0.2, 0.25) is 5.82 Å². The van der Waals surface area contributed by atoms with Gasteiger partial charge in [0.1, 0.15) is 5.69 Å². The zero-order valence-corrected chi connectivity index (χ0v) is 13.5. The molecule has 0 atom stereocenters. The predicted octanol–water partition coefficient (Wildman–Crippen LogP) is 1.74. The lowest BCUT2D eigenvalue weighted by Crippen LogP contribution is -2.32. The Balaban J connectivity index is 1.51. The monoisotopic (exact) mass is 317 g/mol. The zero-order chi connectivity index (χ0) is 16.1. The average molecular weight is 317 g/mol. The molecular weight excluding hydrogens is 294 g/mol. The molecule has 1 fully saturated rings. The molecule has 0 unspecified atom stereocenters. The quantitative estimate of drug-likeness (QED) is 0.874. The second-order valence-electron chi connectivity index (χ2n) is 6.02. The molecule has 23 heavy (non-hydrogen) atoms. The molecule has 2 aromatic heterocycles. The Labute approximate surface area is 135 Å². The number of piperidine rings is 1. The molecule has 124 valence electrons. The third-order valence-electron chi connectivity index (χ3n) is 4.29. The molecule has 0 aromatic carbocycles. The summed E-state index contributed by atoms with van der Waals surface area (Å²) in [4.78, 5) is 22.6. The van der Waals surface area contributed by atoms with E-state index in [4.69, 9.17) is 0 Å². The maximum absolute atomic E-state index is 11.0. The largest absolute Gasteiger partial charge is 0.439 e. The van der Waals surface area contributed by atoms with Crippen LogP contribution in [-0.4, -0.2) is 53.3 Å². The molecule has 1 saturated heterocycles. The molecule has 1 aliphatic heterocycles. The molecule has 0 amide bonds. The summed E-state index contributed by atoms with van der Waals surface area (Å²) < 4.78 is 4.49. The summed E-state index contributed by atoms with van der Waals surface area (Å²) in [6.07, 6.45) is 7.00. The number of nitrogens with zero attached hydrogens (tertiary/aromatic N) is 4. The van der Waals surface area contributed by atoms with Gasteiger partial charge in [0.05, 0.1) is 11.9 Å². The minimum atomic E-state index is -0.569. The highest BCUT2D eigenvalue weighted by Crippen LogP contribution is 2.16. The normalized spacial score (nSPS) is 15.7. The second-order valence-corrected chi connectivity index (χ2v) is 6.02. The van der Waals surface area contributed by atoms with E-state index in [0.29, 0.717) is 11.5 Å². The number of aromatic amines is 1. The highest BCUT2D eigenvalue weighted by molar-refractivity contribution is 5.53. The second kappa shape index (κ2) is 7.41. The fourth-order valence-electron chi connectivity index (χ4n) is 2.94. The van der Waals surface area contributed by atoms with Crippen molar-refractivity contribution < 1.29 is 4.52 Å². The van der Waals surface area contributed by atoms with E-state index in [1.807, 2.05) is 12.1 Å². The first-order valence-corrected chi connectivity index (χ1v) is 8.18. The molecule has 0 spiro atoms. The number of H-pyrrole nitrogens is 1. The van der Waals surface area contributed by atoms with Crippen molar-refractivity contribution in [2.45, 2.75) is 25.7 Å². The SMILES string of the molecule is CN(CCCN1CCCCC1)c1ccc(-c2noc(=O)[nH]2)nc1. The van der Waals surface area contributed by atoms with Crippen LogP contribution < -0.4 is 10.7 Å².